The summed E-state index contributed by atoms with van der Waals surface area (Å²) in [5, 5.41) is 2.51. The molecule has 0 fully saturated rings. The molecule has 11 heteroatoms. The average molecular weight is 479 g/mol. The lowest BCUT2D eigenvalue weighted by atomic mass is 9.89. The Labute approximate surface area is 194 Å². The van der Waals surface area contributed by atoms with Crippen LogP contribution in [0.15, 0.2) is 30.3 Å². The lowest BCUT2D eigenvalue weighted by molar-refractivity contribution is -0.151. The third-order valence-corrected chi connectivity index (χ3v) is 5.57. The van der Waals surface area contributed by atoms with Crippen molar-refractivity contribution in [2.45, 2.75) is 33.0 Å². The Morgan fingerprint density at radius 1 is 1.18 bits per heavy atom. The normalized spacial score (nSPS) is 13.5. The molecular weight excluding hydrogens is 455 g/mol. The third-order valence-electron chi connectivity index (χ3n) is 5.57. The SMILES string of the molecule is COC(=O)C(C)(C)CCN1Cc2cc(NC(=O)c3cccc(C(F)(F)F)n3)c(OC)cc2C1=O. The number of ether oxygens (including phenoxy) is 2. The smallest absolute Gasteiger partial charge is 0.433 e. The molecule has 0 spiro atoms. The van der Waals surface area contributed by atoms with Gasteiger partial charge in [0.25, 0.3) is 11.8 Å². The summed E-state index contributed by atoms with van der Waals surface area (Å²) < 4.78 is 48.9. The molecule has 2 heterocycles. The van der Waals surface area contributed by atoms with Gasteiger partial charge >= 0.3 is 12.1 Å². The molecule has 3 rings (SSSR count). The van der Waals surface area contributed by atoms with Crippen molar-refractivity contribution in [1.82, 2.24) is 9.88 Å². The van der Waals surface area contributed by atoms with Crippen molar-refractivity contribution < 1.29 is 37.0 Å². The second-order valence-corrected chi connectivity index (χ2v) is 8.42. The fourth-order valence-corrected chi connectivity index (χ4v) is 3.55. The van der Waals surface area contributed by atoms with Crippen LogP contribution in [0.3, 0.4) is 0 Å². The zero-order valence-electron chi connectivity index (χ0n) is 19.1. The maximum absolute atomic E-state index is 12.9. The molecule has 1 N–H and O–H groups in total. The van der Waals surface area contributed by atoms with E-state index >= 15 is 0 Å². The summed E-state index contributed by atoms with van der Waals surface area (Å²) in [6, 6.07) is 6.05. The van der Waals surface area contributed by atoms with Crippen LogP contribution in [0.4, 0.5) is 18.9 Å². The number of halogens is 3. The topological polar surface area (TPSA) is 97.8 Å². The number of nitrogens with one attached hydrogen (secondary N) is 1. The molecule has 2 amide bonds. The van der Waals surface area contributed by atoms with Gasteiger partial charge in [0.1, 0.15) is 17.1 Å². The molecule has 0 atom stereocenters. The number of amides is 2. The number of pyridine rings is 1. The number of fused-ring (bicyclic) bond motifs is 1. The Morgan fingerprint density at radius 2 is 1.88 bits per heavy atom. The van der Waals surface area contributed by atoms with E-state index in [0.29, 0.717) is 24.1 Å². The second-order valence-electron chi connectivity index (χ2n) is 8.42. The largest absolute Gasteiger partial charge is 0.495 e. The summed E-state index contributed by atoms with van der Waals surface area (Å²) in [6.07, 6.45) is -4.31. The Morgan fingerprint density at radius 3 is 2.50 bits per heavy atom. The zero-order chi connectivity index (χ0) is 25.3. The lowest BCUT2D eigenvalue weighted by Crippen LogP contribution is -2.33. The maximum atomic E-state index is 12.9. The summed E-state index contributed by atoms with van der Waals surface area (Å²) in [6.45, 7) is 3.99. The number of esters is 1. The van der Waals surface area contributed by atoms with Gasteiger partial charge in [0, 0.05) is 18.7 Å². The van der Waals surface area contributed by atoms with E-state index in [1.807, 2.05) is 0 Å². The van der Waals surface area contributed by atoms with Gasteiger partial charge in [0.15, 0.2) is 0 Å². The summed E-state index contributed by atoms with van der Waals surface area (Å²) in [5.41, 5.74) is -1.21. The van der Waals surface area contributed by atoms with Crippen LogP contribution in [0.25, 0.3) is 0 Å². The van der Waals surface area contributed by atoms with Crippen molar-refractivity contribution in [3.63, 3.8) is 0 Å². The summed E-state index contributed by atoms with van der Waals surface area (Å²) >= 11 is 0. The van der Waals surface area contributed by atoms with E-state index in [2.05, 4.69) is 10.3 Å². The average Bonchev–Trinajstić information content (AvgIpc) is 3.10. The molecule has 0 bridgehead atoms. The number of hydrogen-bond donors (Lipinski definition) is 1. The van der Waals surface area contributed by atoms with E-state index in [-0.39, 0.29) is 29.9 Å². The van der Waals surface area contributed by atoms with Gasteiger partial charge in [-0.25, -0.2) is 4.98 Å². The first-order chi connectivity index (χ1) is 15.9. The predicted octanol–water partition coefficient (Wildman–Crippen LogP) is 3.91. The van der Waals surface area contributed by atoms with E-state index < -0.39 is 28.9 Å². The number of alkyl halides is 3. The maximum Gasteiger partial charge on any atom is 0.433 e. The van der Waals surface area contributed by atoms with Crippen LogP contribution in [0, 0.1) is 5.41 Å². The van der Waals surface area contributed by atoms with Gasteiger partial charge in [0.2, 0.25) is 0 Å². The molecule has 1 aliphatic rings. The van der Waals surface area contributed by atoms with Crippen LogP contribution in [0.1, 0.15) is 52.4 Å². The molecule has 1 aromatic carbocycles. The quantitative estimate of drug-likeness (QED) is 0.605. The first-order valence-electron chi connectivity index (χ1n) is 10.3. The Bertz CT molecular complexity index is 1130. The first-order valence-corrected chi connectivity index (χ1v) is 10.3. The highest BCUT2D eigenvalue weighted by Gasteiger charge is 2.35. The number of carbonyl (C=O) groups excluding carboxylic acids is 3. The van der Waals surface area contributed by atoms with Crippen molar-refractivity contribution in [1.29, 1.82) is 0 Å². The molecule has 182 valence electrons. The molecule has 0 aliphatic carbocycles. The third kappa shape index (κ3) is 5.13. The summed E-state index contributed by atoms with van der Waals surface area (Å²) in [4.78, 5) is 42.3. The molecule has 34 heavy (non-hydrogen) atoms. The monoisotopic (exact) mass is 479 g/mol. The van der Waals surface area contributed by atoms with Crippen LogP contribution in [-0.2, 0) is 22.3 Å². The highest BCUT2D eigenvalue weighted by Crippen LogP contribution is 2.35. The van der Waals surface area contributed by atoms with Gasteiger partial charge in [-0.1, -0.05) is 6.07 Å². The van der Waals surface area contributed by atoms with E-state index in [1.54, 1.807) is 24.8 Å². The minimum atomic E-state index is -4.69. The standard InChI is InChI=1S/C23H24F3N3O5/c1-22(2,21(32)34-4)8-9-29-12-13-10-16(17(33-3)11-14(13)20(29)31)28-19(30)15-6-5-7-18(27-15)23(24,25)26/h5-7,10-11H,8-9,12H2,1-4H3,(H,28,30). The highest BCUT2D eigenvalue weighted by atomic mass is 19.4. The van der Waals surface area contributed by atoms with E-state index in [0.717, 1.165) is 12.1 Å². The van der Waals surface area contributed by atoms with Gasteiger partial charge in [-0.15, -0.1) is 0 Å². The summed E-state index contributed by atoms with van der Waals surface area (Å²) in [5.74, 6) is -1.33. The number of hydrogen-bond acceptors (Lipinski definition) is 6. The first kappa shape index (κ1) is 25.0. The van der Waals surface area contributed by atoms with E-state index in [9.17, 15) is 27.6 Å². The van der Waals surface area contributed by atoms with E-state index in [4.69, 9.17) is 9.47 Å². The van der Waals surface area contributed by atoms with E-state index in [1.165, 1.54) is 26.4 Å². The van der Waals surface area contributed by atoms with Crippen LogP contribution >= 0.6 is 0 Å². The van der Waals surface area contributed by atoms with Gasteiger partial charge in [0.05, 0.1) is 25.3 Å². The van der Waals surface area contributed by atoms with Crippen molar-refractivity contribution in [3.05, 3.63) is 52.8 Å². The summed E-state index contributed by atoms with van der Waals surface area (Å²) in [7, 11) is 2.65. The Balaban J connectivity index is 1.80. The van der Waals surface area contributed by atoms with Gasteiger partial charge in [-0.05, 0) is 50.1 Å². The van der Waals surface area contributed by atoms with Crippen LogP contribution < -0.4 is 10.1 Å². The van der Waals surface area contributed by atoms with Crippen LogP contribution in [0.5, 0.6) is 5.75 Å². The molecule has 8 nitrogen and oxygen atoms in total. The van der Waals surface area contributed by atoms with Crippen molar-refractivity contribution in [3.8, 4) is 5.75 Å². The lowest BCUT2D eigenvalue weighted by Gasteiger charge is -2.24. The molecule has 1 aliphatic heterocycles. The van der Waals surface area contributed by atoms with Gasteiger partial charge < -0.3 is 19.7 Å². The number of carbonyl (C=O) groups is 3. The Hall–Kier alpha value is -3.63. The van der Waals surface area contributed by atoms with Gasteiger partial charge in [-0.3, -0.25) is 14.4 Å². The fourth-order valence-electron chi connectivity index (χ4n) is 3.55. The van der Waals surface area contributed by atoms with Crippen LogP contribution in [-0.4, -0.2) is 48.4 Å². The zero-order valence-corrected chi connectivity index (χ0v) is 19.1. The number of benzene rings is 1. The number of rotatable bonds is 7. The molecular formula is C23H24F3N3O5. The van der Waals surface area contributed by atoms with Crippen molar-refractivity contribution in [2.75, 3.05) is 26.1 Å². The Kier molecular flexibility index (Phi) is 6.85. The predicted molar refractivity (Wildman–Crippen MR) is 115 cm³/mol. The minimum absolute atomic E-state index is 0.171. The molecule has 0 saturated carbocycles. The number of nitrogens with zero attached hydrogens (tertiary/aromatic N) is 2. The highest BCUT2D eigenvalue weighted by molar-refractivity contribution is 6.05. The minimum Gasteiger partial charge on any atom is -0.495 e. The molecule has 2 aromatic rings. The molecule has 0 saturated heterocycles. The second kappa shape index (κ2) is 9.32. The molecule has 0 radical (unpaired) electrons. The fraction of sp³-hybridized carbons (Fsp3) is 0.391. The molecule has 0 unspecified atom stereocenters. The van der Waals surface area contributed by atoms with Crippen LogP contribution in [0.2, 0.25) is 0 Å². The van der Waals surface area contributed by atoms with Gasteiger partial charge in [-0.2, -0.15) is 13.2 Å². The molecule has 1 aromatic heterocycles. The number of methoxy groups -OCH3 is 2. The number of anilines is 1. The van der Waals surface area contributed by atoms with Crippen molar-refractivity contribution >= 4 is 23.5 Å². The van der Waals surface area contributed by atoms with Crippen molar-refractivity contribution in [2.24, 2.45) is 5.41 Å². The number of aromatic nitrogens is 1.